The molecule has 0 saturated carbocycles. The van der Waals surface area contributed by atoms with Gasteiger partial charge in [-0.15, -0.1) is 0 Å². The maximum Gasteiger partial charge on any atom is 0.330 e. The third kappa shape index (κ3) is 3.10. The fourth-order valence-corrected chi connectivity index (χ4v) is 1.95. The molecule has 6 nitrogen and oxygen atoms in total. The van der Waals surface area contributed by atoms with E-state index in [-0.39, 0.29) is 5.56 Å². The molecule has 1 aromatic carbocycles. The van der Waals surface area contributed by atoms with E-state index in [1.54, 1.807) is 0 Å². The lowest BCUT2D eigenvalue weighted by Crippen LogP contribution is -2.41. The molecule has 1 N–H and O–H groups in total. The minimum Gasteiger partial charge on any atom is -0.348 e. The van der Waals surface area contributed by atoms with Crippen LogP contribution in [0.25, 0.3) is 0 Å². The van der Waals surface area contributed by atoms with Crippen LogP contribution >= 0.6 is 0 Å². The highest BCUT2D eigenvalue weighted by atomic mass is 16.2. The lowest BCUT2D eigenvalue weighted by Gasteiger charge is -2.08. The van der Waals surface area contributed by atoms with Gasteiger partial charge in [0.2, 0.25) is 0 Å². The quantitative estimate of drug-likeness (QED) is 0.883. The second kappa shape index (κ2) is 5.78. The predicted molar refractivity (Wildman–Crippen MR) is 79.3 cm³/mol. The standard InChI is InChI=1S/C15H17N3O3/c1-10-4-6-11(7-5-10)8-16-13(19)12-9-17(2)15(21)18(3)14(12)20/h4-7,9H,8H2,1-3H3,(H,16,19). The number of amides is 1. The first kappa shape index (κ1) is 14.8. The smallest absolute Gasteiger partial charge is 0.330 e. The monoisotopic (exact) mass is 287 g/mol. The summed E-state index contributed by atoms with van der Waals surface area (Å²) < 4.78 is 2.13. The van der Waals surface area contributed by atoms with Crippen LogP contribution < -0.4 is 16.6 Å². The van der Waals surface area contributed by atoms with Crippen molar-refractivity contribution in [3.8, 4) is 0 Å². The van der Waals surface area contributed by atoms with Crippen molar-refractivity contribution in [2.75, 3.05) is 0 Å². The van der Waals surface area contributed by atoms with Gasteiger partial charge in [0, 0.05) is 26.8 Å². The average molecular weight is 287 g/mol. The molecule has 0 aliphatic rings. The average Bonchev–Trinajstić information content (AvgIpc) is 2.48. The Balaban J connectivity index is 2.20. The molecule has 6 heteroatoms. The number of nitrogens with zero attached hydrogens (tertiary/aromatic N) is 2. The fraction of sp³-hybridized carbons (Fsp3) is 0.267. The number of hydrogen-bond donors (Lipinski definition) is 1. The zero-order valence-corrected chi connectivity index (χ0v) is 12.2. The highest BCUT2D eigenvalue weighted by molar-refractivity contribution is 5.93. The van der Waals surface area contributed by atoms with Gasteiger partial charge in [-0.2, -0.15) is 0 Å². The van der Waals surface area contributed by atoms with Crippen LogP contribution in [0.15, 0.2) is 40.1 Å². The molecule has 2 aromatic rings. The molecular weight excluding hydrogens is 270 g/mol. The number of benzene rings is 1. The van der Waals surface area contributed by atoms with E-state index < -0.39 is 17.2 Å². The van der Waals surface area contributed by atoms with Gasteiger partial charge in [-0.3, -0.25) is 14.2 Å². The fourth-order valence-electron chi connectivity index (χ4n) is 1.95. The molecule has 0 spiro atoms. The summed E-state index contributed by atoms with van der Waals surface area (Å²) in [7, 11) is 2.85. The van der Waals surface area contributed by atoms with Crippen LogP contribution in [0.1, 0.15) is 21.5 Å². The second-order valence-electron chi connectivity index (χ2n) is 4.97. The highest BCUT2D eigenvalue weighted by Crippen LogP contribution is 2.02. The molecule has 0 radical (unpaired) electrons. The van der Waals surface area contributed by atoms with Crippen LogP contribution in [-0.4, -0.2) is 15.0 Å². The van der Waals surface area contributed by atoms with Gasteiger partial charge >= 0.3 is 5.69 Å². The van der Waals surface area contributed by atoms with Crippen molar-refractivity contribution in [3.05, 3.63) is 68.0 Å². The van der Waals surface area contributed by atoms with Crippen molar-refractivity contribution in [2.45, 2.75) is 13.5 Å². The molecule has 0 saturated heterocycles. The summed E-state index contributed by atoms with van der Waals surface area (Å²) in [5.74, 6) is -0.494. The topological polar surface area (TPSA) is 73.1 Å². The predicted octanol–water partition coefficient (Wildman–Crippen LogP) is 0.322. The molecule has 2 rings (SSSR count). The Morgan fingerprint density at radius 1 is 1.14 bits per heavy atom. The summed E-state index contributed by atoms with van der Waals surface area (Å²) in [5.41, 5.74) is 0.967. The maximum absolute atomic E-state index is 12.1. The lowest BCUT2D eigenvalue weighted by molar-refractivity contribution is 0.0947. The number of aryl methyl sites for hydroxylation is 2. The first-order valence-corrected chi connectivity index (χ1v) is 6.50. The molecule has 110 valence electrons. The normalized spacial score (nSPS) is 10.4. The first-order valence-electron chi connectivity index (χ1n) is 6.50. The molecule has 0 fully saturated rings. The molecule has 21 heavy (non-hydrogen) atoms. The summed E-state index contributed by atoms with van der Waals surface area (Å²) in [6.07, 6.45) is 1.26. The van der Waals surface area contributed by atoms with Crippen LogP contribution in [-0.2, 0) is 20.6 Å². The molecule has 1 amide bonds. The summed E-state index contributed by atoms with van der Waals surface area (Å²) >= 11 is 0. The van der Waals surface area contributed by atoms with Crippen LogP contribution in [0.4, 0.5) is 0 Å². The third-order valence-electron chi connectivity index (χ3n) is 3.26. The van der Waals surface area contributed by atoms with E-state index in [4.69, 9.17) is 0 Å². The Labute approximate surface area is 121 Å². The van der Waals surface area contributed by atoms with Gasteiger partial charge in [-0.05, 0) is 12.5 Å². The van der Waals surface area contributed by atoms with Gasteiger partial charge in [-0.25, -0.2) is 4.79 Å². The van der Waals surface area contributed by atoms with Crippen molar-refractivity contribution < 1.29 is 4.79 Å². The first-order chi connectivity index (χ1) is 9.90. The van der Waals surface area contributed by atoms with Crippen LogP contribution in [0.2, 0.25) is 0 Å². The van der Waals surface area contributed by atoms with E-state index in [1.165, 1.54) is 24.9 Å². The summed E-state index contributed by atoms with van der Waals surface area (Å²) in [6, 6.07) is 7.72. The van der Waals surface area contributed by atoms with Gasteiger partial charge in [0.15, 0.2) is 0 Å². The Morgan fingerprint density at radius 2 is 1.76 bits per heavy atom. The van der Waals surface area contributed by atoms with E-state index >= 15 is 0 Å². The highest BCUT2D eigenvalue weighted by Gasteiger charge is 2.14. The number of carbonyl (C=O) groups is 1. The molecule has 1 aromatic heterocycles. The third-order valence-corrected chi connectivity index (χ3v) is 3.26. The largest absolute Gasteiger partial charge is 0.348 e. The van der Waals surface area contributed by atoms with Crippen molar-refractivity contribution in [3.63, 3.8) is 0 Å². The van der Waals surface area contributed by atoms with Gasteiger partial charge in [-0.1, -0.05) is 29.8 Å². The second-order valence-corrected chi connectivity index (χ2v) is 4.97. The van der Waals surface area contributed by atoms with Crippen molar-refractivity contribution in [2.24, 2.45) is 14.1 Å². The van der Waals surface area contributed by atoms with Crippen molar-refractivity contribution in [1.29, 1.82) is 0 Å². The molecule has 0 unspecified atom stereocenters. The van der Waals surface area contributed by atoms with E-state index in [0.29, 0.717) is 6.54 Å². The Bertz CT molecular complexity index is 785. The van der Waals surface area contributed by atoms with Crippen LogP contribution in [0, 0.1) is 6.92 Å². The summed E-state index contributed by atoms with van der Waals surface area (Å²) in [6.45, 7) is 2.31. The van der Waals surface area contributed by atoms with E-state index in [2.05, 4.69) is 5.32 Å². The molecule has 0 aliphatic carbocycles. The number of rotatable bonds is 3. The molecule has 0 atom stereocenters. The zero-order chi connectivity index (χ0) is 15.6. The number of hydrogen-bond acceptors (Lipinski definition) is 3. The van der Waals surface area contributed by atoms with Gasteiger partial charge in [0.25, 0.3) is 11.5 Å². The summed E-state index contributed by atoms with van der Waals surface area (Å²) in [4.78, 5) is 35.6. The van der Waals surface area contributed by atoms with Crippen molar-refractivity contribution >= 4 is 5.91 Å². The minimum absolute atomic E-state index is 0.0493. The maximum atomic E-state index is 12.1. The Morgan fingerprint density at radius 3 is 2.38 bits per heavy atom. The van der Waals surface area contributed by atoms with Crippen LogP contribution in [0.3, 0.4) is 0 Å². The Kier molecular flexibility index (Phi) is 4.07. The minimum atomic E-state index is -0.598. The SMILES string of the molecule is Cc1ccc(CNC(=O)c2cn(C)c(=O)n(C)c2=O)cc1. The lowest BCUT2D eigenvalue weighted by atomic mass is 10.1. The Hall–Kier alpha value is -2.63. The molecule has 1 heterocycles. The van der Waals surface area contributed by atoms with E-state index in [1.807, 2.05) is 31.2 Å². The van der Waals surface area contributed by atoms with Gasteiger partial charge in [0.1, 0.15) is 5.56 Å². The zero-order valence-electron chi connectivity index (χ0n) is 12.2. The van der Waals surface area contributed by atoms with Gasteiger partial charge < -0.3 is 9.88 Å². The van der Waals surface area contributed by atoms with E-state index in [0.717, 1.165) is 15.7 Å². The van der Waals surface area contributed by atoms with Crippen molar-refractivity contribution in [1.82, 2.24) is 14.5 Å². The number of carbonyl (C=O) groups excluding carboxylic acids is 1. The summed E-state index contributed by atoms with van der Waals surface area (Å²) in [5, 5.41) is 2.68. The number of aromatic nitrogens is 2. The molecule has 0 aliphatic heterocycles. The molecular formula is C15H17N3O3. The molecule has 0 bridgehead atoms. The number of nitrogens with one attached hydrogen (secondary N) is 1. The van der Waals surface area contributed by atoms with Gasteiger partial charge in [0.05, 0.1) is 0 Å². The van der Waals surface area contributed by atoms with Crippen LogP contribution in [0.5, 0.6) is 0 Å². The van der Waals surface area contributed by atoms with E-state index in [9.17, 15) is 14.4 Å².